The molecule has 0 radical (unpaired) electrons. The van der Waals surface area contributed by atoms with E-state index >= 15 is 0 Å². The molecule has 5 heteroatoms. The van der Waals surface area contributed by atoms with Gasteiger partial charge in [0.25, 0.3) is 0 Å². The SMILES string of the molecule is Cc1nc(CCC(=O)N(C)C)cc(C2CCCN2C(C)C)n1. The van der Waals surface area contributed by atoms with Crippen LogP contribution in [0.4, 0.5) is 0 Å². The Labute approximate surface area is 133 Å². The van der Waals surface area contributed by atoms with Gasteiger partial charge in [-0.05, 0) is 52.6 Å². The maximum absolute atomic E-state index is 11.8. The number of amides is 1. The van der Waals surface area contributed by atoms with Crippen LogP contribution in [-0.2, 0) is 11.2 Å². The minimum atomic E-state index is 0.141. The van der Waals surface area contributed by atoms with Gasteiger partial charge in [0, 0.05) is 32.3 Å². The molecule has 1 aromatic rings. The Morgan fingerprint density at radius 2 is 2.14 bits per heavy atom. The molecule has 1 saturated heterocycles. The van der Waals surface area contributed by atoms with E-state index in [-0.39, 0.29) is 5.91 Å². The first kappa shape index (κ1) is 16.9. The second-order valence-corrected chi connectivity index (χ2v) is 6.61. The highest BCUT2D eigenvalue weighted by atomic mass is 16.2. The average molecular weight is 304 g/mol. The number of aryl methyl sites for hydroxylation is 2. The Morgan fingerprint density at radius 3 is 2.77 bits per heavy atom. The van der Waals surface area contributed by atoms with Crippen LogP contribution >= 0.6 is 0 Å². The molecule has 0 spiro atoms. The van der Waals surface area contributed by atoms with Crippen molar-refractivity contribution in [3.05, 3.63) is 23.3 Å². The molecule has 0 aromatic carbocycles. The molecule has 1 atom stereocenters. The van der Waals surface area contributed by atoms with Gasteiger partial charge in [0.2, 0.25) is 5.91 Å². The summed E-state index contributed by atoms with van der Waals surface area (Å²) in [5.74, 6) is 0.947. The molecule has 122 valence electrons. The molecular weight excluding hydrogens is 276 g/mol. The van der Waals surface area contributed by atoms with Crippen LogP contribution in [0.2, 0.25) is 0 Å². The lowest BCUT2D eigenvalue weighted by molar-refractivity contribution is -0.128. The lowest BCUT2D eigenvalue weighted by Crippen LogP contribution is -2.31. The van der Waals surface area contributed by atoms with E-state index in [9.17, 15) is 4.79 Å². The van der Waals surface area contributed by atoms with Crippen LogP contribution < -0.4 is 0 Å². The van der Waals surface area contributed by atoms with E-state index in [0.29, 0.717) is 24.9 Å². The number of aromatic nitrogens is 2. The summed E-state index contributed by atoms with van der Waals surface area (Å²) in [5.41, 5.74) is 2.10. The first-order valence-corrected chi connectivity index (χ1v) is 8.19. The highest BCUT2D eigenvalue weighted by Gasteiger charge is 2.29. The molecule has 2 rings (SSSR count). The Bertz CT molecular complexity index is 527. The number of nitrogens with zero attached hydrogens (tertiary/aromatic N) is 4. The molecule has 22 heavy (non-hydrogen) atoms. The summed E-state index contributed by atoms with van der Waals surface area (Å²) in [6, 6.07) is 3.02. The van der Waals surface area contributed by atoms with Crippen LogP contribution in [-0.4, -0.2) is 52.4 Å². The van der Waals surface area contributed by atoms with Gasteiger partial charge in [-0.2, -0.15) is 0 Å². The Balaban J connectivity index is 2.14. The molecule has 1 aliphatic rings. The van der Waals surface area contributed by atoms with Crippen LogP contribution in [0.15, 0.2) is 6.07 Å². The predicted octanol–water partition coefficient (Wildman–Crippen LogP) is 2.35. The Kier molecular flexibility index (Phi) is 5.51. The molecule has 1 unspecified atom stereocenters. The summed E-state index contributed by atoms with van der Waals surface area (Å²) in [6.45, 7) is 7.56. The van der Waals surface area contributed by atoms with Gasteiger partial charge in [-0.3, -0.25) is 9.69 Å². The fourth-order valence-corrected chi connectivity index (χ4v) is 3.14. The molecule has 0 bridgehead atoms. The standard InChI is InChI=1S/C17H28N4O/c1-12(2)21-10-6-7-16(21)15-11-14(18-13(3)19-15)8-9-17(22)20(4)5/h11-12,16H,6-10H2,1-5H3. The van der Waals surface area contributed by atoms with Crippen molar-refractivity contribution in [1.82, 2.24) is 19.8 Å². The van der Waals surface area contributed by atoms with Crippen molar-refractivity contribution in [3.63, 3.8) is 0 Å². The van der Waals surface area contributed by atoms with Crippen LogP contribution in [0.5, 0.6) is 0 Å². The predicted molar refractivity (Wildman–Crippen MR) is 87.6 cm³/mol. The van der Waals surface area contributed by atoms with Gasteiger partial charge >= 0.3 is 0 Å². The topological polar surface area (TPSA) is 49.3 Å². The number of hydrogen-bond acceptors (Lipinski definition) is 4. The highest BCUT2D eigenvalue weighted by molar-refractivity contribution is 5.75. The summed E-state index contributed by atoms with van der Waals surface area (Å²) in [4.78, 5) is 25.1. The van der Waals surface area contributed by atoms with Gasteiger partial charge in [-0.25, -0.2) is 9.97 Å². The molecule has 0 N–H and O–H groups in total. The molecule has 1 fully saturated rings. The minimum absolute atomic E-state index is 0.141. The van der Waals surface area contributed by atoms with Gasteiger partial charge in [-0.1, -0.05) is 0 Å². The van der Waals surface area contributed by atoms with E-state index in [1.807, 2.05) is 6.92 Å². The van der Waals surface area contributed by atoms with Crippen molar-refractivity contribution < 1.29 is 4.79 Å². The number of hydrogen-bond donors (Lipinski definition) is 0. The summed E-state index contributed by atoms with van der Waals surface area (Å²) < 4.78 is 0. The number of rotatable bonds is 5. The zero-order chi connectivity index (χ0) is 16.3. The first-order chi connectivity index (χ1) is 10.4. The van der Waals surface area contributed by atoms with E-state index in [2.05, 4.69) is 34.8 Å². The van der Waals surface area contributed by atoms with Crippen LogP contribution in [0, 0.1) is 6.92 Å². The van der Waals surface area contributed by atoms with E-state index in [0.717, 1.165) is 30.2 Å². The second kappa shape index (κ2) is 7.18. The van der Waals surface area contributed by atoms with Crippen molar-refractivity contribution in [2.75, 3.05) is 20.6 Å². The fraction of sp³-hybridized carbons (Fsp3) is 0.706. The van der Waals surface area contributed by atoms with E-state index in [1.165, 1.54) is 6.42 Å². The fourth-order valence-electron chi connectivity index (χ4n) is 3.14. The monoisotopic (exact) mass is 304 g/mol. The lowest BCUT2D eigenvalue weighted by atomic mass is 10.1. The van der Waals surface area contributed by atoms with Crippen molar-refractivity contribution in [2.24, 2.45) is 0 Å². The van der Waals surface area contributed by atoms with E-state index < -0.39 is 0 Å². The molecule has 5 nitrogen and oxygen atoms in total. The van der Waals surface area contributed by atoms with Crippen molar-refractivity contribution >= 4 is 5.91 Å². The van der Waals surface area contributed by atoms with Gasteiger partial charge in [0.05, 0.1) is 11.7 Å². The average Bonchev–Trinajstić information content (AvgIpc) is 2.93. The smallest absolute Gasteiger partial charge is 0.222 e. The second-order valence-electron chi connectivity index (χ2n) is 6.61. The molecule has 1 amide bonds. The zero-order valence-corrected chi connectivity index (χ0v) is 14.5. The molecular formula is C17H28N4O. The quantitative estimate of drug-likeness (QED) is 0.838. The third-order valence-electron chi connectivity index (χ3n) is 4.30. The third kappa shape index (κ3) is 4.03. The normalized spacial score (nSPS) is 18.9. The van der Waals surface area contributed by atoms with E-state index in [1.54, 1.807) is 19.0 Å². The first-order valence-electron chi connectivity index (χ1n) is 8.19. The molecule has 2 heterocycles. The number of carbonyl (C=O) groups is 1. The summed E-state index contributed by atoms with van der Waals surface area (Å²) in [5, 5.41) is 0. The summed E-state index contributed by atoms with van der Waals surface area (Å²) in [7, 11) is 3.58. The van der Waals surface area contributed by atoms with Crippen molar-refractivity contribution in [1.29, 1.82) is 0 Å². The van der Waals surface area contributed by atoms with Gasteiger partial charge < -0.3 is 4.90 Å². The maximum Gasteiger partial charge on any atom is 0.222 e. The zero-order valence-electron chi connectivity index (χ0n) is 14.5. The van der Waals surface area contributed by atoms with Gasteiger partial charge in [-0.15, -0.1) is 0 Å². The highest BCUT2D eigenvalue weighted by Crippen LogP contribution is 2.32. The summed E-state index contributed by atoms with van der Waals surface area (Å²) >= 11 is 0. The van der Waals surface area contributed by atoms with Crippen LogP contribution in [0.3, 0.4) is 0 Å². The Morgan fingerprint density at radius 1 is 1.41 bits per heavy atom. The number of carbonyl (C=O) groups excluding carboxylic acids is 1. The van der Waals surface area contributed by atoms with Gasteiger partial charge in [0.15, 0.2) is 0 Å². The minimum Gasteiger partial charge on any atom is -0.349 e. The number of likely N-dealkylation sites (tertiary alicyclic amines) is 1. The molecule has 1 aliphatic heterocycles. The third-order valence-corrected chi connectivity index (χ3v) is 4.30. The maximum atomic E-state index is 11.8. The van der Waals surface area contributed by atoms with Crippen molar-refractivity contribution in [2.45, 2.75) is 58.5 Å². The summed E-state index contributed by atoms with van der Waals surface area (Å²) in [6.07, 6.45) is 3.56. The van der Waals surface area contributed by atoms with E-state index in [4.69, 9.17) is 0 Å². The van der Waals surface area contributed by atoms with Crippen molar-refractivity contribution in [3.8, 4) is 0 Å². The molecule has 0 saturated carbocycles. The lowest BCUT2D eigenvalue weighted by Gasteiger charge is -2.28. The van der Waals surface area contributed by atoms with Crippen LogP contribution in [0.1, 0.15) is 56.4 Å². The van der Waals surface area contributed by atoms with Gasteiger partial charge in [0.1, 0.15) is 5.82 Å². The molecule has 0 aliphatic carbocycles. The molecule has 1 aromatic heterocycles. The largest absolute Gasteiger partial charge is 0.349 e. The Hall–Kier alpha value is -1.49. The van der Waals surface area contributed by atoms with Crippen LogP contribution in [0.25, 0.3) is 0 Å².